The molecule has 0 atom stereocenters. The van der Waals surface area contributed by atoms with E-state index in [0.717, 1.165) is 22.3 Å². The van der Waals surface area contributed by atoms with Crippen LogP contribution < -0.4 is 5.19 Å². The van der Waals surface area contributed by atoms with Crippen LogP contribution in [0.25, 0.3) is 33.3 Å². The first-order valence-corrected chi connectivity index (χ1v) is 18.5. The number of aliphatic hydroxyl groups excluding tert-OH is 1. The number of aliphatic hydroxyl groups is 1. The number of aromatic nitrogens is 1. The molecule has 0 saturated carbocycles. The van der Waals surface area contributed by atoms with Gasteiger partial charge >= 0.3 is 0 Å². The molecule has 0 unspecified atom stereocenters. The second-order valence-corrected chi connectivity index (χ2v) is 18.9. The molecular weight excluding hydrogens is 723 g/mol. The molecule has 0 fully saturated rings. The molecule has 3 nitrogen and oxygen atoms in total. The molecule has 231 valence electrons. The first-order valence-electron chi connectivity index (χ1n) is 15.0. The van der Waals surface area contributed by atoms with Crippen molar-refractivity contribution in [3.63, 3.8) is 0 Å². The van der Waals surface area contributed by atoms with Gasteiger partial charge in [-0.1, -0.05) is 129 Å². The molecule has 0 aliphatic heterocycles. The van der Waals surface area contributed by atoms with Gasteiger partial charge in [-0.05, 0) is 33.7 Å². The van der Waals surface area contributed by atoms with Gasteiger partial charge in [0, 0.05) is 38.0 Å². The second-order valence-electron chi connectivity index (χ2n) is 13.9. The van der Waals surface area contributed by atoms with Crippen LogP contribution >= 0.6 is 0 Å². The molecule has 0 aliphatic carbocycles. The number of carbonyl (C=O) groups is 1. The van der Waals surface area contributed by atoms with Gasteiger partial charge < -0.3 is 5.11 Å². The maximum atomic E-state index is 11.0. The van der Waals surface area contributed by atoms with Gasteiger partial charge in [0.25, 0.3) is 0 Å². The van der Waals surface area contributed by atoms with Gasteiger partial charge in [-0.3, -0.25) is 9.78 Å². The molecule has 0 spiro atoms. The summed E-state index contributed by atoms with van der Waals surface area (Å²) in [6, 6.07) is 27.8. The molecule has 43 heavy (non-hydrogen) atoms. The van der Waals surface area contributed by atoms with E-state index in [4.69, 9.17) is 4.98 Å². The molecule has 3 aromatic carbocycles. The summed E-state index contributed by atoms with van der Waals surface area (Å²) in [6.45, 7) is 23.4. The van der Waals surface area contributed by atoms with Crippen LogP contribution in [0.2, 0.25) is 19.6 Å². The summed E-state index contributed by atoms with van der Waals surface area (Å²) in [5, 5.41) is 11.9. The number of hydrogen-bond donors (Lipinski definition) is 1. The molecule has 0 amide bonds. The minimum absolute atomic E-state index is 0. The van der Waals surface area contributed by atoms with Crippen LogP contribution in [-0.4, -0.2) is 23.9 Å². The fourth-order valence-electron chi connectivity index (χ4n) is 4.56. The maximum absolute atomic E-state index is 11.0. The normalized spacial score (nSPS) is 12.2. The Hall–Kier alpha value is -2.85. The van der Waals surface area contributed by atoms with Crippen LogP contribution in [0.4, 0.5) is 0 Å². The van der Waals surface area contributed by atoms with E-state index in [0.29, 0.717) is 0 Å². The van der Waals surface area contributed by atoms with Crippen LogP contribution in [0, 0.1) is 24.8 Å². The number of aryl methyl sites for hydroxylation is 1. The SMILES string of the molecule is CC(C)C(=O)/C=C(\O)C(C)C.Cc1[c-]c(-c2ccc3cc([Si](C)(C)C)c(-c4ccccc4)cc3n2)cc(C(C)(C)C)c1.[Ir]. The van der Waals surface area contributed by atoms with Crippen LogP contribution in [0.3, 0.4) is 0 Å². The predicted octanol–water partition coefficient (Wildman–Crippen LogP) is 9.83. The minimum atomic E-state index is -1.53. The Bertz CT molecular complexity index is 1580. The average Bonchev–Trinajstić information content (AvgIpc) is 2.91. The number of nitrogens with zero attached hydrogens (tertiary/aromatic N) is 1. The Morgan fingerprint density at radius 3 is 2.07 bits per heavy atom. The Morgan fingerprint density at radius 2 is 1.53 bits per heavy atom. The molecule has 0 aliphatic rings. The van der Waals surface area contributed by atoms with E-state index in [2.05, 4.69) is 120 Å². The van der Waals surface area contributed by atoms with Crippen LogP contribution in [-0.2, 0) is 30.3 Å². The summed E-state index contributed by atoms with van der Waals surface area (Å²) < 4.78 is 0. The fourth-order valence-corrected chi connectivity index (χ4v) is 6.18. The number of ketones is 1. The number of allylic oxidation sites excluding steroid dienone is 2. The van der Waals surface area contributed by atoms with Gasteiger partial charge in [-0.2, -0.15) is 0 Å². The standard InChI is InChI=1S/C29H32NSi.C9H16O2.Ir/c1-20-15-23(17-24(16-20)29(2,3)4)26-14-13-22-18-28(31(5,6)7)25(19-27(22)30-26)21-11-9-8-10-12-21;1-6(2)8(10)5-9(11)7(3)4;/h8-14,16-19H,1-7H3;5-7,10H,1-4H3;/q-1;;/b;8-5-;. The zero-order chi connectivity index (χ0) is 31.4. The second kappa shape index (κ2) is 14.7. The van der Waals surface area contributed by atoms with E-state index in [1.54, 1.807) is 0 Å². The molecule has 4 rings (SSSR count). The van der Waals surface area contributed by atoms with Gasteiger partial charge in [0.1, 0.15) is 0 Å². The fraction of sp³-hybridized carbons (Fsp3) is 0.368. The molecule has 1 heterocycles. The van der Waals surface area contributed by atoms with Crippen molar-refractivity contribution in [1.82, 2.24) is 4.98 Å². The van der Waals surface area contributed by atoms with E-state index in [9.17, 15) is 9.90 Å². The summed E-state index contributed by atoms with van der Waals surface area (Å²) in [7, 11) is -1.53. The van der Waals surface area contributed by atoms with Crippen molar-refractivity contribution in [2.75, 3.05) is 0 Å². The van der Waals surface area contributed by atoms with Crippen molar-refractivity contribution < 1.29 is 30.0 Å². The molecule has 0 bridgehead atoms. The molecule has 5 heteroatoms. The van der Waals surface area contributed by atoms with Crippen molar-refractivity contribution >= 4 is 29.9 Å². The largest absolute Gasteiger partial charge is 0.512 e. The first kappa shape index (κ1) is 36.3. The average molecular weight is 771 g/mol. The van der Waals surface area contributed by atoms with Crippen molar-refractivity contribution in [1.29, 1.82) is 0 Å². The van der Waals surface area contributed by atoms with E-state index >= 15 is 0 Å². The molecule has 1 radical (unpaired) electrons. The van der Waals surface area contributed by atoms with Gasteiger partial charge in [0.15, 0.2) is 5.78 Å². The van der Waals surface area contributed by atoms with E-state index in [1.807, 2.05) is 27.7 Å². The number of fused-ring (bicyclic) bond motifs is 1. The van der Waals surface area contributed by atoms with E-state index in [-0.39, 0.29) is 48.9 Å². The third-order valence-corrected chi connectivity index (χ3v) is 9.35. The Labute approximate surface area is 274 Å². The topological polar surface area (TPSA) is 50.2 Å². The van der Waals surface area contributed by atoms with Crippen molar-refractivity contribution in [3.05, 3.63) is 95.8 Å². The van der Waals surface area contributed by atoms with Gasteiger partial charge in [-0.25, -0.2) is 0 Å². The van der Waals surface area contributed by atoms with E-state index < -0.39 is 8.07 Å². The summed E-state index contributed by atoms with van der Waals surface area (Å²) >= 11 is 0. The molecular formula is C38H48IrNO2Si-. The predicted molar refractivity (Wildman–Crippen MR) is 183 cm³/mol. The van der Waals surface area contributed by atoms with Crippen molar-refractivity contribution in [3.8, 4) is 22.4 Å². The minimum Gasteiger partial charge on any atom is -0.512 e. The summed E-state index contributed by atoms with van der Waals surface area (Å²) in [6.07, 6.45) is 1.31. The molecule has 4 aromatic rings. The zero-order valence-corrected chi connectivity index (χ0v) is 31.1. The third-order valence-electron chi connectivity index (χ3n) is 7.32. The van der Waals surface area contributed by atoms with Gasteiger partial charge in [0.2, 0.25) is 0 Å². The summed E-state index contributed by atoms with van der Waals surface area (Å²) in [5.74, 6) is 0.161. The Kier molecular flexibility index (Phi) is 12.5. The number of carbonyl (C=O) groups excluding carboxylic acids is 1. The maximum Gasteiger partial charge on any atom is 0.161 e. The number of hydrogen-bond acceptors (Lipinski definition) is 3. The van der Waals surface area contributed by atoms with Gasteiger partial charge in [-0.15, -0.1) is 34.9 Å². The quantitative estimate of drug-likeness (QED) is 0.0920. The third kappa shape index (κ3) is 9.83. The van der Waals surface area contributed by atoms with E-state index in [1.165, 1.54) is 33.3 Å². The summed E-state index contributed by atoms with van der Waals surface area (Å²) in [5.41, 5.74) is 8.27. The van der Waals surface area contributed by atoms with Crippen LogP contribution in [0.5, 0.6) is 0 Å². The monoisotopic (exact) mass is 771 g/mol. The number of rotatable bonds is 6. The molecule has 1 N–H and O–H groups in total. The zero-order valence-electron chi connectivity index (χ0n) is 27.7. The van der Waals surface area contributed by atoms with Crippen LogP contribution in [0.15, 0.2) is 78.6 Å². The summed E-state index contributed by atoms with van der Waals surface area (Å²) in [4.78, 5) is 16.1. The smallest absolute Gasteiger partial charge is 0.161 e. The molecule has 0 saturated heterocycles. The van der Waals surface area contributed by atoms with Crippen molar-refractivity contribution in [2.24, 2.45) is 11.8 Å². The number of pyridine rings is 1. The first-order chi connectivity index (χ1) is 19.5. The molecule has 1 aromatic heterocycles. The Morgan fingerprint density at radius 1 is 0.907 bits per heavy atom. The Balaban J connectivity index is 0.000000461. The number of benzene rings is 3. The van der Waals surface area contributed by atoms with Gasteiger partial charge in [0.05, 0.1) is 19.3 Å². The van der Waals surface area contributed by atoms with Crippen LogP contribution in [0.1, 0.15) is 59.6 Å². The van der Waals surface area contributed by atoms with Crippen molar-refractivity contribution in [2.45, 2.75) is 80.4 Å².